The molecule has 0 radical (unpaired) electrons. The number of aromatic nitrogens is 2. The summed E-state index contributed by atoms with van der Waals surface area (Å²) >= 11 is 0. The zero-order valence-corrected chi connectivity index (χ0v) is 11.1. The average Bonchev–Trinajstić information content (AvgIpc) is 2.49. The van der Waals surface area contributed by atoms with E-state index in [9.17, 15) is 0 Å². The van der Waals surface area contributed by atoms with Crippen LogP contribution in [0.15, 0.2) is 42.6 Å². The van der Waals surface area contributed by atoms with E-state index in [-0.39, 0.29) is 0 Å². The smallest absolute Gasteiger partial charge is 0.226 e. The van der Waals surface area contributed by atoms with Gasteiger partial charge in [-0.05, 0) is 13.0 Å². The summed E-state index contributed by atoms with van der Waals surface area (Å²) < 4.78 is 0. The Balaban J connectivity index is 1.91. The van der Waals surface area contributed by atoms with Gasteiger partial charge in [-0.25, -0.2) is 9.97 Å². The van der Waals surface area contributed by atoms with Gasteiger partial charge in [0.25, 0.3) is 0 Å². The molecule has 1 aliphatic rings. The van der Waals surface area contributed by atoms with Crippen molar-refractivity contribution >= 4 is 5.95 Å². The third-order valence-electron chi connectivity index (χ3n) is 3.47. The van der Waals surface area contributed by atoms with Crippen LogP contribution in [0.2, 0.25) is 0 Å². The molecule has 19 heavy (non-hydrogen) atoms. The van der Waals surface area contributed by atoms with E-state index in [1.165, 1.54) is 0 Å². The molecule has 0 amide bonds. The van der Waals surface area contributed by atoms with Gasteiger partial charge in [-0.2, -0.15) is 0 Å². The van der Waals surface area contributed by atoms with E-state index in [1.54, 1.807) is 0 Å². The summed E-state index contributed by atoms with van der Waals surface area (Å²) in [5, 5.41) is 3.38. The number of rotatable bonds is 2. The first kappa shape index (κ1) is 12.1. The van der Waals surface area contributed by atoms with Gasteiger partial charge >= 0.3 is 0 Å². The minimum Gasteiger partial charge on any atom is -0.336 e. The molecular formula is C15H18N4. The van der Waals surface area contributed by atoms with Crippen LogP contribution in [0.4, 0.5) is 5.95 Å². The van der Waals surface area contributed by atoms with Crippen molar-refractivity contribution in [2.75, 3.05) is 24.5 Å². The molecule has 3 rings (SSSR count). The van der Waals surface area contributed by atoms with Crippen LogP contribution in [0.1, 0.15) is 6.92 Å². The molecule has 0 saturated carbocycles. The van der Waals surface area contributed by atoms with E-state index in [4.69, 9.17) is 4.98 Å². The molecular weight excluding hydrogens is 236 g/mol. The van der Waals surface area contributed by atoms with Crippen molar-refractivity contribution in [2.24, 2.45) is 0 Å². The Morgan fingerprint density at radius 2 is 2.05 bits per heavy atom. The first-order valence-electron chi connectivity index (χ1n) is 6.70. The molecule has 2 heterocycles. The molecule has 0 unspecified atom stereocenters. The van der Waals surface area contributed by atoms with E-state index in [0.29, 0.717) is 6.04 Å². The minimum absolute atomic E-state index is 0.430. The highest BCUT2D eigenvalue weighted by Gasteiger charge is 2.20. The maximum absolute atomic E-state index is 4.70. The Bertz CT molecular complexity index is 541. The molecule has 1 atom stereocenters. The van der Waals surface area contributed by atoms with Crippen molar-refractivity contribution in [2.45, 2.75) is 13.0 Å². The third-order valence-corrected chi connectivity index (χ3v) is 3.47. The fraction of sp³-hybridized carbons (Fsp3) is 0.333. The van der Waals surface area contributed by atoms with E-state index in [1.807, 2.05) is 30.5 Å². The second-order valence-corrected chi connectivity index (χ2v) is 4.85. The molecule has 4 nitrogen and oxygen atoms in total. The largest absolute Gasteiger partial charge is 0.336 e. The molecule has 0 spiro atoms. The van der Waals surface area contributed by atoms with Crippen LogP contribution >= 0.6 is 0 Å². The summed E-state index contributed by atoms with van der Waals surface area (Å²) in [5.41, 5.74) is 2.12. The van der Waals surface area contributed by atoms with Crippen molar-refractivity contribution in [3.63, 3.8) is 0 Å². The number of hydrogen-bond acceptors (Lipinski definition) is 4. The number of hydrogen-bond donors (Lipinski definition) is 1. The normalized spacial score (nSPS) is 19.4. The quantitative estimate of drug-likeness (QED) is 0.889. The summed E-state index contributed by atoms with van der Waals surface area (Å²) in [6.07, 6.45) is 1.85. The van der Waals surface area contributed by atoms with Gasteiger partial charge in [0.1, 0.15) is 0 Å². The van der Waals surface area contributed by atoms with Crippen molar-refractivity contribution in [1.82, 2.24) is 15.3 Å². The van der Waals surface area contributed by atoms with Gasteiger partial charge in [-0.15, -0.1) is 0 Å². The van der Waals surface area contributed by atoms with Gasteiger partial charge in [0.2, 0.25) is 5.95 Å². The second kappa shape index (κ2) is 5.36. The molecule has 1 saturated heterocycles. The summed E-state index contributed by atoms with van der Waals surface area (Å²) in [7, 11) is 0. The summed E-state index contributed by atoms with van der Waals surface area (Å²) in [5.74, 6) is 0.829. The molecule has 2 aromatic rings. The third kappa shape index (κ3) is 2.58. The zero-order valence-electron chi connectivity index (χ0n) is 11.1. The first-order chi connectivity index (χ1) is 9.34. The van der Waals surface area contributed by atoms with Crippen LogP contribution in [0.5, 0.6) is 0 Å². The second-order valence-electron chi connectivity index (χ2n) is 4.85. The van der Waals surface area contributed by atoms with Gasteiger partial charge in [-0.1, -0.05) is 30.3 Å². The number of benzene rings is 1. The summed E-state index contributed by atoms with van der Waals surface area (Å²) in [6, 6.07) is 12.6. The predicted octanol–water partition coefficient (Wildman–Crippen LogP) is 1.94. The number of nitrogens with zero attached hydrogens (tertiary/aromatic N) is 3. The highest BCUT2D eigenvalue weighted by Crippen LogP contribution is 2.20. The Hall–Kier alpha value is -1.94. The topological polar surface area (TPSA) is 41.0 Å². The van der Waals surface area contributed by atoms with E-state index in [0.717, 1.165) is 36.8 Å². The molecule has 4 heteroatoms. The molecule has 1 aromatic carbocycles. The van der Waals surface area contributed by atoms with Crippen molar-refractivity contribution < 1.29 is 0 Å². The molecule has 0 aliphatic carbocycles. The monoisotopic (exact) mass is 254 g/mol. The lowest BCUT2D eigenvalue weighted by Gasteiger charge is -2.34. The molecule has 98 valence electrons. The van der Waals surface area contributed by atoms with Crippen molar-refractivity contribution in [1.29, 1.82) is 0 Å². The lowest BCUT2D eigenvalue weighted by Crippen LogP contribution is -2.50. The maximum atomic E-state index is 4.70. The van der Waals surface area contributed by atoms with Crippen LogP contribution in [0.25, 0.3) is 11.3 Å². The number of piperazine rings is 1. The lowest BCUT2D eigenvalue weighted by molar-refractivity contribution is 0.493. The Morgan fingerprint density at radius 1 is 1.21 bits per heavy atom. The van der Waals surface area contributed by atoms with Crippen molar-refractivity contribution in [3.8, 4) is 11.3 Å². The fourth-order valence-corrected chi connectivity index (χ4v) is 2.39. The molecule has 1 N–H and O–H groups in total. The Labute approximate surface area is 113 Å². The van der Waals surface area contributed by atoms with E-state index < -0.39 is 0 Å². The zero-order chi connectivity index (χ0) is 13.1. The standard InChI is InChI=1S/C15H18N4/c1-12-11-16-9-10-19(12)15-17-8-7-14(18-15)13-5-3-2-4-6-13/h2-8,12,16H,9-11H2,1H3/t12-/m1/s1. The average molecular weight is 254 g/mol. The van der Waals surface area contributed by atoms with E-state index >= 15 is 0 Å². The SMILES string of the molecule is C[C@@H]1CNCCN1c1nccc(-c2ccccc2)n1. The van der Waals surface area contributed by atoms with Gasteiger partial charge in [0, 0.05) is 37.4 Å². The Morgan fingerprint density at radius 3 is 2.84 bits per heavy atom. The van der Waals surface area contributed by atoms with Crippen LogP contribution < -0.4 is 10.2 Å². The fourth-order valence-electron chi connectivity index (χ4n) is 2.39. The molecule has 1 aliphatic heterocycles. The molecule has 1 aromatic heterocycles. The summed E-state index contributed by atoms with van der Waals surface area (Å²) in [6.45, 7) is 5.13. The predicted molar refractivity (Wildman–Crippen MR) is 77.1 cm³/mol. The van der Waals surface area contributed by atoms with E-state index in [2.05, 4.69) is 34.3 Å². The van der Waals surface area contributed by atoms with Crippen LogP contribution in [-0.2, 0) is 0 Å². The van der Waals surface area contributed by atoms with Gasteiger partial charge in [0.15, 0.2) is 0 Å². The number of anilines is 1. The van der Waals surface area contributed by atoms with Gasteiger partial charge in [-0.3, -0.25) is 0 Å². The Kier molecular flexibility index (Phi) is 3.42. The maximum Gasteiger partial charge on any atom is 0.226 e. The molecule has 1 fully saturated rings. The summed E-state index contributed by atoms with van der Waals surface area (Å²) in [4.78, 5) is 11.4. The highest BCUT2D eigenvalue weighted by atomic mass is 15.3. The van der Waals surface area contributed by atoms with Gasteiger partial charge < -0.3 is 10.2 Å². The van der Waals surface area contributed by atoms with Crippen molar-refractivity contribution in [3.05, 3.63) is 42.6 Å². The highest BCUT2D eigenvalue weighted by molar-refractivity contribution is 5.60. The first-order valence-corrected chi connectivity index (χ1v) is 6.70. The lowest BCUT2D eigenvalue weighted by atomic mass is 10.1. The van der Waals surface area contributed by atoms with Crippen LogP contribution in [0, 0.1) is 0 Å². The molecule has 0 bridgehead atoms. The minimum atomic E-state index is 0.430. The van der Waals surface area contributed by atoms with Crippen LogP contribution in [0.3, 0.4) is 0 Å². The number of nitrogens with one attached hydrogen (secondary N) is 1. The van der Waals surface area contributed by atoms with Gasteiger partial charge in [0.05, 0.1) is 5.69 Å². The van der Waals surface area contributed by atoms with Crippen LogP contribution in [-0.4, -0.2) is 35.6 Å².